The lowest BCUT2D eigenvalue weighted by atomic mass is 10.1. The molecule has 0 fully saturated rings. The monoisotopic (exact) mass is 275 g/mol. The van der Waals surface area contributed by atoms with Crippen LogP contribution in [-0.2, 0) is 6.42 Å². The molecule has 6 nitrogen and oxygen atoms in total. The Balaban J connectivity index is 1.79. The van der Waals surface area contributed by atoms with Crippen molar-refractivity contribution in [3.05, 3.63) is 41.6 Å². The van der Waals surface area contributed by atoms with Crippen molar-refractivity contribution >= 4 is 17.2 Å². The second-order valence-corrected chi connectivity index (χ2v) is 5.22. The molecule has 2 aromatic rings. The van der Waals surface area contributed by atoms with E-state index in [1.165, 1.54) is 0 Å². The van der Waals surface area contributed by atoms with Crippen molar-refractivity contribution in [3.8, 4) is 10.6 Å². The van der Waals surface area contributed by atoms with Gasteiger partial charge in [-0.1, -0.05) is 11.2 Å². The van der Waals surface area contributed by atoms with Gasteiger partial charge in [0.05, 0.1) is 11.3 Å². The number of nitrogens with zero attached hydrogens (tertiary/aromatic N) is 2. The topological polar surface area (TPSA) is 102 Å². The van der Waals surface area contributed by atoms with E-state index in [9.17, 15) is 0 Å². The quantitative estimate of drug-likeness (QED) is 0.776. The Hall–Kier alpha value is -2.12. The van der Waals surface area contributed by atoms with Gasteiger partial charge in [-0.25, -0.2) is 4.99 Å². The van der Waals surface area contributed by atoms with Gasteiger partial charge in [-0.15, -0.1) is 11.3 Å². The molecule has 1 unspecified atom stereocenters. The van der Waals surface area contributed by atoms with E-state index in [0.29, 0.717) is 18.0 Å². The van der Waals surface area contributed by atoms with Gasteiger partial charge in [0.1, 0.15) is 17.3 Å². The van der Waals surface area contributed by atoms with Gasteiger partial charge in [-0.05, 0) is 17.5 Å². The summed E-state index contributed by atoms with van der Waals surface area (Å²) in [5.74, 6) is 0.0648. The normalized spacial score (nSPS) is 22.1. The lowest BCUT2D eigenvalue weighted by molar-refractivity contribution is 0.318. The first kappa shape index (κ1) is 11.9. The molecule has 0 bridgehead atoms. The van der Waals surface area contributed by atoms with E-state index in [2.05, 4.69) is 15.5 Å². The maximum absolute atomic E-state index is 6.09. The van der Waals surface area contributed by atoms with Gasteiger partial charge in [-0.3, -0.25) is 5.73 Å². The maximum Gasteiger partial charge on any atom is 0.191 e. The van der Waals surface area contributed by atoms with Crippen LogP contribution in [0.4, 0.5) is 0 Å². The van der Waals surface area contributed by atoms with Gasteiger partial charge in [0.15, 0.2) is 5.79 Å². The molecule has 3 heterocycles. The molecule has 1 aliphatic rings. The fourth-order valence-corrected chi connectivity index (χ4v) is 2.54. The molecule has 7 heteroatoms. The number of nitrogens with one attached hydrogen (secondary N) is 1. The number of hydrogen-bond donors (Lipinski definition) is 3. The Morgan fingerprint density at radius 1 is 1.47 bits per heavy atom. The van der Waals surface area contributed by atoms with Crippen LogP contribution >= 0.6 is 11.3 Å². The number of thiophene rings is 1. The van der Waals surface area contributed by atoms with Gasteiger partial charge in [0, 0.05) is 12.3 Å². The van der Waals surface area contributed by atoms with Crippen molar-refractivity contribution in [1.29, 1.82) is 0 Å². The van der Waals surface area contributed by atoms with Crippen molar-refractivity contribution < 1.29 is 4.52 Å². The predicted octanol–water partition coefficient (Wildman–Crippen LogP) is 1.03. The summed E-state index contributed by atoms with van der Waals surface area (Å²) in [5, 5.41) is 8.98. The van der Waals surface area contributed by atoms with Crippen molar-refractivity contribution in [1.82, 2.24) is 10.5 Å². The molecule has 0 saturated carbocycles. The number of aromatic nitrogens is 1. The van der Waals surface area contributed by atoms with Crippen LogP contribution < -0.4 is 16.8 Å². The molecule has 19 heavy (non-hydrogen) atoms. The van der Waals surface area contributed by atoms with Crippen LogP contribution in [-0.4, -0.2) is 16.8 Å². The van der Waals surface area contributed by atoms with E-state index in [1.54, 1.807) is 23.6 Å². The number of hydrogen-bond acceptors (Lipinski definition) is 7. The summed E-state index contributed by atoms with van der Waals surface area (Å²) < 4.78 is 5.29. The van der Waals surface area contributed by atoms with Crippen LogP contribution in [0.1, 0.15) is 5.76 Å². The SMILES string of the molecule is NC1=NC(N)(Cc2cc(-c3cccs3)no2)NC=C1. The van der Waals surface area contributed by atoms with Crippen LogP contribution in [0.3, 0.4) is 0 Å². The molecule has 0 aliphatic carbocycles. The highest BCUT2D eigenvalue weighted by Gasteiger charge is 2.27. The zero-order valence-electron chi connectivity index (χ0n) is 10.0. The van der Waals surface area contributed by atoms with E-state index < -0.39 is 5.79 Å². The van der Waals surface area contributed by atoms with Crippen LogP contribution in [0.15, 0.2) is 45.4 Å². The molecule has 0 saturated heterocycles. The average Bonchev–Trinajstić information content (AvgIpc) is 2.97. The fourth-order valence-electron chi connectivity index (χ4n) is 1.86. The standard InChI is InChI=1S/C12H13N5OS/c13-11-3-4-15-12(14,16-11)7-8-6-9(17-18-8)10-2-1-5-19-10/h1-6,15H,7,14H2,(H2,13,16). The summed E-state index contributed by atoms with van der Waals surface area (Å²) in [6.45, 7) is 0. The van der Waals surface area contributed by atoms with E-state index in [1.807, 2.05) is 23.6 Å². The van der Waals surface area contributed by atoms with Gasteiger partial charge in [0.25, 0.3) is 0 Å². The van der Waals surface area contributed by atoms with E-state index >= 15 is 0 Å². The average molecular weight is 275 g/mol. The second kappa shape index (κ2) is 4.52. The third-order valence-corrected chi connectivity index (χ3v) is 3.58. The lowest BCUT2D eigenvalue weighted by Gasteiger charge is -2.27. The number of aliphatic imine (C=N–C) groups is 1. The summed E-state index contributed by atoms with van der Waals surface area (Å²) in [7, 11) is 0. The minimum absolute atomic E-state index is 0.371. The highest BCUT2D eigenvalue weighted by atomic mass is 32.1. The zero-order chi connectivity index (χ0) is 13.3. The molecule has 0 radical (unpaired) electrons. The minimum Gasteiger partial charge on any atom is -0.384 e. The summed E-state index contributed by atoms with van der Waals surface area (Å²) in [6.07, 6.45) is 3.71. The highest BCUT2D eigenvalue weighted by molar-refractivity contribution is 7.13. The third kappa shape index (κ3) is 2.51. The number of rotatable bonds is 3. The molecular weight excluding hydrogens is 262 g/mol. The van der Waals surface area contributed by atoms with E-state index in [0.717, 1.165) is 10.6 Å². The Bertz CT molecular complexity index is 630. The highest BCUT2D eigenvalue weighted by Crippen LogP contribution is 2.25. The van der Waals surface area contributed by atoms with Crippen molar-refractivity contribution in [2.24, 2.45) is 16.5 Å². The predicted molar refractivity (Wildman–Crippen MR) is 74.3 cm³/mol. The Kier molecular flexibility index (Phi) is 2.84. The van der Waals surface area contributed by atoms with Crippen molar-refractivity contribution in [3.63, 3.8) is 0 Å². The van der Waals surface area contributed by atoms with E-state index in [4.69, 9.17) is 16.0 Å². The Labute approximate surface area is 113 Å². The van der Waals surface area contributed by atoms with Crippen LogP contribution in [0.2, 0.25) is 0 Å². The second-order valence-electron chi connectivity index (χ2n) is 4.27. The fraction of sp³-hybridized carbons (Fsp3) is 0.167. The molecule has 0 amide bonds. The molecule has 3 rings (SSSR count). The van der Waals surface area contributed by atoms with E-state index in [-0.39, 0.29) is 0 Å². The van der Waals surface area contributed by atoms with Crippen molar-refractivity contribution in [2.45, 2.75) is 12.2 Å². The van der Waals surface area contributed by atoms with Crippen LogP contribution in [0, 0.1) is 0 Å². The molecule has 1 atom stereocenters. The third-order valence-electron chi connectivity index (χ3n) is 2.69. The molecule has 5 N–H and O–H groups in total. The lowest BCUT2D eigenvalue weighted by Crippen LogP contribution is -2.54. The molecule has 0 spiro atoms. The van der Waals surface area contributed by atoms with Gasteiger partial charge in [-0.2, -0.15) is 0 Å². The van der Waals surface area contributed by atoms with Gasteiger partial charge >= 0.3 is 0 Å². The van der Waals surface area contributed by atoms with Crippen molar-refractivity contribution in [2.75, 3.05) is 0 Å². The Morgan fingerprint density at radius 2 is 2.37 bits per heavy atom. The first-order valence-electron chi connectivity index (χ1n) is 5.73. The van der Waals surface area contributed by atoms with Crippen LogP contribution in [0.25, 0.3) is 10.6 Å². The zero-order valence-corrected chi connectivity index (χ0v) is 10.9. The van der Waals surface area contributed by atoms with Gasteiger partial charge in [0.2, 0.25) is 0 Å². The Morgan fingerprint density at radius 3 is 3.11 bits per heavy atom. The molecule has 0 aromatic carbocycles. The summed E-state index contributed by atoms with van der Waals surface area (Å²) in [4.78, 5) is 5.23. The number of nitrogens with two attached hydrogens (primary N) is 2. The maximum atomic E-state index is 6.09. The molecule has 2 aromatic heterocycles. The van der Waals surface area contributed by atoms with Crippen LogP contribution in [0.5, 0.6) is 0 Å². The summed E-state index contributed by atoms with van der Waals surface area (Å²) >= 11 is 1.61. The van der Waals surface area contributed by atoms with Gasteiger partial charge < -0.3 is 15.6 Å². The summed E-state index contributed by atoms with van der Waals surface area (Å²) in [6, 6.07) is 5.83. The first-order valence-corrected chi connectivity index (χ1v) is 6.60. The molecule has 98 valence electrons. The summed E-state index contributed by atoms with van der Waals surface area (Å²) in [5.41, 5.74) is 12.5. The first-order chi connectivity index (χ1) is 9.15. The largest absolute Gasteiger partial charge is 0.384 e. The smallest absolute Gasteiger partial charge is 0.191 e. The number of amidine groups is 1. The molecular formula is C12H13N5OS. The minimum atomic E-state index is -0.981. The molecule has 1 aliphatic heterocycles.